The van der Waals surface area contributed by atoms with Crippen LogP contribution in [0.2, 0.25) is 0 Å². The molecule has 0 aliphatic heterocycles. The van der Waals surface area contributed by atoms with Crippen LogP contribution in [0.3, 0.4) is 0 Å². The maximum atomic E-state index is 13.0. The molecule has 0 unspecified atom stereocenters. The Morgan fingerprint density at radius 2 is 1.90 bits per heavy atom. The first-order valence-corrected chi connectivity index (χ1v) is 9.78. The summed E-state index contributed by atoms with van der Waals surface area (Å²) in [7, 11) is 0. The molecule has 29 heavy (non-hydrogen) atoms. The van der Waals surface area contributed by atoms with Gasteiger partial charge in [0.15, 0.2) is 11.5 Å². The van der Waals surface area contributed by atoms with Crippen molar-refractivity contribution in [3.05, 3.63) is 71.2 Å². The van der Waals surface area contributed by atoms with Gasteiger partial charge in [-0.05, 0) is 31.9 Å². The van der Waals surface area contributed by atoms with Crippen molar-refractivity contribution in [3.63, 3.8) is 0 Å². The van der Waals surface area contributed by atoms with Crippen LogP contribution in [0, 0.1) is 13.8 Å². The second-order valence-electron chi connectivity index (χ2n) is 7.16. The van der Waals surface area contributed by atoms with Gasteiger partial charge in [0.1, 0.15) is 0 Å². The minimum Gasteiger partial charge on any atom is -0.305 e. The highest BCUT2D eigenvalue weighted by Gasteiger charge is 2.19. The van der Waals surface area contributed by atoms with Crippen molar-refractivity contribution in [1.82, 2.24) is 24.5 Å². The van der Waals surface area contributed by atoms with Crippen LogP contribution >= 0.6 is 0 Å². The smallest absolute Gasteiger partial charge is 0.257 e. The number of anilines is 1. The minimum absolute atomic E-state index is 0.204. The third-order valence-electron chi connectivity index (χ3n) is 4.76. The molecule has 0 radical (unpaired) electrons. The number of hydrogen-bond donors (Lipinski definition) is 1. The predicted molar refractivity (Wildman–Crippen MR) is 113 cm³/mol. The molecule has 1 aromatic carbocycles. The molecule has 0 spiro atoms. The first kappa shape index (κ1) is 18.9. The lowest BCUT2D eigenvalue weighted by Gasteiger charge is -2.07. The molecule has 0 saturated heterocycles. The zero-order valence-electron chi connectivity index (χ0n) is 16.9. The number of carbonyl (C=O) groups is 1. The fourth-order valence-corrected chi connectivity index (χ4v) is 3.49. The molecule has 0 bridgehead atoms. The summed E-state index contributed by atoms with van der Waals surface area (Å²) in [5.41, 5.74) is 3.97. The Hall–Kier alpha value is -3.48. The van der Waals surface area contributed by atoms with Crippen molar-refractivity contribution < 1.29 is 4.79 Å². The number of pyridine rings is 1. The molecule has 4 aromatic rings. The van der Waals surface area contributed by atoms with Gasteiger partial charge in [0.25, 0.3) is 5.91 Å². The van der Waals surface area contributed by atoms with E-state index in [1.807, 2.05) is 59.7 Å². The van der Waals surface area contributed by atoms with Crippen LogP contribution < -0.4 is 5.32 Å². The van der Waals surface area contributed by atoms with E-state index in [1.165, 1.54) is 0 Å². The first-order valence-electron chi connectivity index (χ1n) is 9.78. The van der Waals surface area contributed by atoms with Crippen molar-refractivity contribution in [1.29, 1.82) is 0 Å². The quantitative estimate of drug-likeness (QED) is 0.542. The van der Waals surface area contributed by atoms with Gasteiger partial charge in [-0.15, -0.1) is 0 Å². The molecule has 0 fully saturated rings. The standard InChI is InChI=1S/C22H24N6O/c1-4-11-27-12-10-19(26-27)24-22(29)18-13-15(2)23-21-20(18)16(3)25-28(21)14-17-8-6-5-7-9-17/h5-10,12-13H,4,11,14H2,1-3H3,(H,24,26,29). The van der Waals surface area contributed by atoms with E-state index in [9.17, 15) is 4.79 Å². The molecule has 0 saturated carbocycles. The van der Waals surface area contributed by atoms with Gasteiger partial charge in [-0.3, -0.25) is 9.48 Å². The van der Waals surface area contributed by atoms with Gasteiger partial charge in [0, 0.05) is 24.5 Å². The minimum atomic E-state index is -0.204. The largest absolute Gasteiger partial charge is 0.305 e. The number of hydrogen-bond acceptors (Lipinski definition) is 4. The van der Waals surface area contributed by atoms with E-state index in [0.717, 1.165) is 35.3 Å². The van der Waals surface area contributed by atoms with Crippen molar-refractivity contribution in [2.24, 2.45) is 0 Å². The number of fused-ring (bicyclic) bond motifs is 1. The van der Waals surface area contributed by atoms with Gasteiger partial charge in [0.2, 0.25) is 0 Å². The van der Waals surface area contributed by atoms with Crippen LogP contribution in [-0.4, -0.2) is 30.5 Å². The maximum Gasteiger partial charge on any atom is 0.257 e. The third-order valence-corrected chi connectivity index (χ3v) is 4.76. The first-order chi connectivity index (χ1) is 14.0. The molecular weight excluding hydrogens is 364 g/mol. The Balaban J connectivity index is 1.69. The Kier molecular flexibility index (Phi) is 5.12. The Bertz CT molecular complexity index is 1160. The molecule has 0 atom stereocenters. The van der Waals surface area contributed by atoms with Gasteiger partial charge in [-0.1, -0.05) is 37.3 Å². The second-order valence-corrected chi connectivity index (χ2v) is 7.16. The maximum absolute atomic E-state index is 13.0. The van der Waals surface area contributed by atoms with Crippen LogP contribution in [0.15, 0.2) is 48.7 Å². The number of rotatable bonds is 6. The molecule has 1 N–H and O–H groups in total. The zero-order valence-corrected chi connectivity index (χ0v) is 16.9. The fourth-order valence-electron chi connectivity index (χ4n) is 3.49. The lowest BCUT2D eigenvalue weighted by atomic mass is 10.1. The summed E-state index contributed by atoms with van der Waals surface area (Å²) in [5, 5.41) is 12.7. The van der Waals surface area contributed by atoms with Crippen LogP contribution in [0.1, 0.15) is 40.7 Å². The fraction of sp³-hybridized carbons (Fsp3) is 0.273. The average molecular weight is 388 g/mol. The van der Waals surface area contributed by atoms with Crippen molar-refractivity contribution >= 4 is 22.8 Å². The molecule has 4 rings (SSSR count). The SMILES string of the molecule is CCCn1ccc(NC(=O)c2cc(C)nc3c2c(C)nn3Cc2ccccc2)n1. The van der Waals surface area contributed by atoms with Crippen LogP contribution in [0.5, 0.6) is 0 Å². The lowest BCUT2D eigenvalue weighted by Crippen LogP contribution is -2.14. The van der Waals surface area contributed by atoms with E-state index in [0.29, 0.717) is 23.6 Å². The van der Waals surface area contributed by atoms with E-state index in [4.69, 9.17) is 0 Å². The molecule has 7 heteroatoms. The number of aromatic nitrogens is 5. The number of benzene rings is 1. The molecule has 148 valence electrons. The summed E-state index contributed by atoms with van der Waals surface area (Å²) in [6.45, 7) is 7.31. The monoisotopic (exact) mass is 388 g/mol. The summed E-state index contributed by atoms with van der Waals surface area (Å²) in [5.74, 6) is 0.338. The summed E-state index contributed by atoms with van der Waals surface area (Å²) in [6.07, 6.45) is 2.86. The lowest BCUT2D eigenvalue weighted by molar-refractivity contribution is 0.102. The highest BCUT2D eigenvalue weighted by Crippen LogP contribution is 2.24. The van der Waals surface area contributed by atoms with E-state index >= 15 is 0 Å². The Labute approximate surface area is 169 Å². The van der Waals surface area contributed by atoms with Crippen molar-refractivity contribution in [2.75, 3.05) is 5.32 Å². The van der Waals surface area contributed by atoms with Gasteiger partial charge in [-0.25, -0.2) is 9.67 Å². The number of nitrogens with one attached hydrogen (secondary N) is 1. The summed E-state index contributed by atoms with van der Waals surface area (Å²) in [4.78, 5) is 17.7. The normalized spacial score (nSPS) is 11.1. The number of carbonyl (C=O) groups excluding carboxylic acids is 1. The van der Waals surface area contributed by atoms with Gasteiger partial charge >= 0.3 is 0 Å². The summed E-state index contributed by atoms with van der Waals surface area (Å²) in [6, 6.07) is 13.7. The molecule has 7 nitrogen and oxygen atoms in total. The van der Waals surface area contributed by atoms with Gasteiger partial charge in [-0.2, -0.15) is 10.2 Å². The van der Waals surface area contributed by atoms with E-state index in [-0.39, 0.29) is 5.91 Å². The summed E-state index contributed by atoms with van der Waals surface area (Å²) < 4.78 is 3.69. The third kappa shape index (κ3) is 3.89. The molecule has 0 aliphatic carbocycles. The molecular formula is C22H24N6O. The average Bonchev–Trinajstić information content (AvgIpc) is 3.26. The number of aryl methyl sites for hydroxylation is 3. The summed E-state index contributed by atoms with van der Waals surface area (Å²) >= 11 is 0. The number of amides is 1. The van der Waals surface area contributed by atoms with Crippen LogP contribution in [0.4, 0.5) is 5.82 Å². The highest BCUT2D eigenvalue weighted by atomic mass is 16.1. The highest BCUT2D eigenvalue weighted by molar-refractivity contribution is 6.12. The topological polar surface area (TPSA) is 77.6 Å². The van der Waals surface area contributed by atoms with Gasteiger partial charge in [0.05, 0.1) is 23.2 Å². The molecule has 1 amide bonds. The molecule has 3 aromatic heterocycles. The zero-order chi connectivity index (χ0) is 20.4. The Morgan fingerprint density at radius 3 is 2.66 bits per heavy atom. The van der Waals surface area contributed by atoms with Crippen LogP contribution in [0.25, 0.3) is 11.0 Å². The second kappa shape index (κ2) is 7.87. The van der Waals surface area contributed by atoms with Gasteiger partial charge < -0.3 is 5.32 Å². The van der Waals surface area contributed by atoms with Crippen molar-refractivity contribution in [3.8, 4) is 0 Å². The van der Waals surface area contributed by atoms with Crippen LogP contribution in [-0.2, 0) is 13.1 Å². The van der Waals surface area contributed by atoms with E-state index in [1.54, 1.807) is 0 Å². The van der Waals surface area contributed by atoms with Crippen molar-refractivity contribution in [2.45, 2.75) is 40.3 Å². The number of nitrogens with zero attached hydrogens (tertiary/aromatic N) is 5. The van der Waals surface area contributed by atoms with E-state index < -0.39 is 0 Å². The predicted octanol–water partition coefficient (Wildman–Crippen LogP) is 3.96. The van der Waals surface area contributed by atoms with E-state index in [2.05, 4.69) is 39.6 Å². The molecule has 3 heterocycles. The molecule has 0 aliphatic rings. The Morgan fingerprint density at radius 1 is 1.10 bits per heavy atom.